The molecule has 0 aromatic heterocycles. The molecular weight excluding hydrogens is 250 g/mol. The quantitative estimate of drug-likeness (QED) is 0.759. The van der Waals surface area contributed by atoms with Gasteiger partial charge in [0.15, 0.2) is 27.3 Å². The average Bonchev–Trinajstić information content (AvgIpc) is 2.62. The average molecular weight is 260 g/mol. The largest absolute Gasteiger partial charge is 0.294 e. The molecule has 3 nitrogen and oxygen atoms in total. The zero-order valence-corrected chi connectivity index (χ0v) is 9.64. The number of carbonyl (C=O) groups excluding carboxylic acids is 1. The molecule has 0 saturated carbocycles. The summed E-state index contributed by atoms with van der Waals surface area (Å²) in [5, 5.41) is 0. The molecule has 1 aliphatic heterocycles. The predicted octanol–water partition coefficient (Wildman–Crippen LogP) is 1.58. The van der Waals surface area contributed by atoms with E-state index in [0.717, 1.165) is 12.1 Å². The Hall–Kier alpha value is -1.30. The van der Waals surface area contributed by atoms with Crippen LogP contribution in [0.1, 0.15) is 16.8 Å². The van der Waals surface area contributed by atoms with Crippen molar-refractivity contribution in [2.45, 2.75) is 6.42 Å². The molecule has 17 heavy (non-hydrogen) atoms. The Balaban J connectivity index is 2.23. The van der Waals surface area contributed by atoms with E-state index < -0.39 is 33.2 Å². The maximum atomic E-state index is 12.9. The molecule has 0 radical (unpaired) electrons. The molecule has 6 heteroatoms. The Labute approximate surface area is 97.4 Å². The molecule has 2 rings (SSSR count). The summed E-state index contributed by atoms with van der Waals surface area (Å²) in [6, 6.07) is 2.85. The van der Waals surface area contributed by atoms with Gasteiger partial charge in [0.2, 0.25) is 0 Å². The van der Waals surface area contributed by atoms with Crippen molar-refractivity contribution in [3.63, 3.8) is 0 Å². The molecule has 0 aliphatic carbocycles. The van der Waals surface area contributed by atoms with Crippen molar-refractivity contribution in [3.8, 4) is 0 Å². The third-order valence-corrected chi connectivity index (χ3v) is 4.58. The second-order valence-corrected chi connectivity index (χ2v) is 6.32. The topological polar surface area (TPSA) is 51.2 Å². The van der Waals surface area contributed by atoms with E-state index in [1.807, 2.05) is 0 Å². The Morgan fingerprint density at radius 1 is 1.24 bits per heavy atom. The van der Waals surface area contributed by atoms with Gasteiger partial charge in [0.05, 0.1) is 11.5 Å². The zero-order valence-electron chi connectivity index (χ0n) is 8.82. The number of carbonyl (C=O) groups is 1. The summed E-state index contributed by atoms with van der Waals surface area (Å²) in [5.74, 6) is -3.43. The normalized spacial score (nSPS) is 22.6. The predicted molar refractivity (Wildman–Crippen MR) is 57.4 cm³/mol. The van der Waals surface area contributed by atoms with Crippen LogP contribution in [0.3, 0.4) is 0 Å². The van der Waals surface area contributed by atoms with Crippen molar-refractivity contribution < 1.29 is 22.0 Å². The van der Waals surface area contributed by atoms with Gasteiger partial charge in [-0.15, -0.1) is 0 Å². The van der Waals surface area contributed by atoms with Crippen LogP contribution < -0.4 is 0 Å². The van der Waals surface area contributed by atoms with Gasteiger partial charge in [-0.2, -0.15) is 0 Å². The van der Waals surface area contributed by atoms with Crippen molar-refractivity contribution in [3.05, 3.63) is 35.4 Å². The highest BCUT2D eigenvalue weighted by molar-refractivity contribution is 7.91. The van der Waals surface area contributed by atoms with Crippen LogP contribution in [0, 0.1) is 17.6 Å². The van der Waals surface area contributed by atoms with Gasteiger partial charge in [0.25, 0.3) is 0 Å². The molecule has 0 bridgehead atoms. The lowest BCUT2D eigenvalue weighted by Crippen LogP contribution is -2.16. The summed E-state index contributed by atoms with van der Waals surface area (Å²) < 4.78 is 48.0. The fourth-order valence-electron chi connectivity index (χ4n) is 1.89. The highest BCUT2D eigenvalue weighted by Gasteiger charge is 2.33. The summed E-state index contributed by atoms with van der Waals surface area (Å²) in [5.41, 5.74) is 0.0194. The number of hydrogen-bond donors (Lipinski definition) is 0. The second-order valence-electron chi connectivity index (χ2n) is 4.09. The van der Waals surface area contributed by atoms with Crippen molar-refractivity contribution in [1.82, 2.24) is 0 Å². The molecule has 92 valence electrons. The van der Waals surface area contributed by atoms with Gasteiger partial charge in [0, 0.05) is 11.5 Å². The van der Waals surface area contributed by atoms with Crippen LogP contribution in [0.5, 0.6) is 0 Å². The van der Waals surface area contributed by atoms with Gasteiger partial charge in [0.1, 0.15) is 0 Å². The first-order valence-corrected chi connectivity index (χ1v) is 6.91. The first-order valence-electron chi connectivity index (χ1n) is 5.09. The number of benzene rings is 1. The first kappa shape index (κ1) is 12.2. The lowest BCUT2D eigenvalue weighted by molar-refractivity contribution is 0.0932. The number of hydrogen-bond acceptors (Lipinski definition) is 3. The maximum Gasteiger partial charge on any atom is 0.167 e. The van der Waals surface area contributed by atoms with E-state index in [1.165, 1.54) is 6.07 Å². The van der Waals surface area contributed by atoms with Crippen LogP contribution in [0.15, 0.2) is 18.2 Å². The fourth-order valence-corrected chi connectivity index (χ4v) is 3.63. The summed E-state index contributed by atoms with van der Waals surface area (Å²) >= 11 is 0. The van der Waals surface area contributed by atoms with E-state index in [-0.39, 0.29) is 23.5 Å². The molecular formula is C11H10F2O3S. The van der Waals surface area contributed by atoms with Crippen molar-refractivity contribution in [1.29, 1.82) is 0 Å². The van der Waals surface area contributed by atoms with E-state index in [0.29, 0.717) is 0 Å². The van der Waals surface area contributed by atoms with Crippen LogP contribution in [0.25, 0.3) is 0 Å². The molecule has 1 heterocycles. The lowest BCUT2D eigenvalue weighted by Gasteiger charge is -2.06. The van der Waals surface area contributed by atoms with E-state index in [1.54, 1.807) is 0 Å². The van der Waals surface area contributed by atoms with Crippen LogP contribution in [0.4, 0.5) is 8.78 Å². The molecule has 0 spiro atoms. The summed E-state index contributed by atoms with van der Waals surface area (Å²) in [4.78, 5) is 11.8. The minimum Gasteiger partial charge on any atom is -0.294 e. The van der Waals surface area contributed by atoms with Gasteiger partial charge in [-0.3, -0.25) is 4.79 Å². The molecule has 1 unspecified atom stereocenters. The van der Waals surface area contributed by atoms with Gasteiger partial charge in [-0.1, -0.05) is 0 Å². The Bertz CT molecular complexity index is 566. The van der Waals surface area contributed by atoms with Crippen molar-refractivity contribution in [2.75, 3.05) is 11.5 Å². The minimum atomic E-state index is -3.16. The molecule has 1 aliphatic rings. The van der Waals surface area contributed by atoms with E-state index in [4.69, 9.17) is 0 Å². The van der Waals surface area contributed by atoms with Gasteiger partial charge >= 0.3 is 0 Å². The van der Waals surface area contributed by atoms with Crippen LogP contribution in [0.2, 0.25) is 0 Å². The monoisotopic (exact) mass is 260 g/mol. The molecule has 1 aromatic rings. The van der Waals surface area contributed by atoms with E-state index in [9.17, 15) is 22.0 Å². The maximum absolute atomic E-state index is 12.9. The number of halogens is 2. The number of sulfone groups is 1. The smallest absolute Gasteiger partial charge is 0.167 e. The number of ketones is 1. The molecule has 0 N–H and O–H groups in total. The lowest BCUT2D eigenvalue weighted by atomic mass is 9.97. The van der Waals surface area contributed by atoms with E-state index in [2.05, 4.69) is 0 Å². The van der Waals surface area contributed by atoms with Gasteiger partial charge in [-0.05, 0) is 24.6 Å². The number of Topliss-reactive ketones (excluding diaryl/α,β-unsaturated/α-hetero) is 1. The highest BCUT2D eigenvalue weighted by atomic mass is 32.2. The van der Waals surface area contributed by atoms with Gasteiger partial charge in [-0.25, -0.2) is 17.2 Å². The van der Waals surface area contributed by atoms with Crippen molar-refractivity contribution >= 4 is 15.6 Å². The third-order valence-electron chi connectivity index (χ3n) is 2.81. The zero-order chi connectivity index (χ0) is 12.6. The molecule has 1 aromatic carbocycles. The standard InChI is InChI=1S/C11H10F2O3S/c12-9-2-1-7(5-10(9)13)11(14)8-3-4-17(15,16)6-8/h1-2,5,8H,3-4,6H2. The van der Waals surface area contributed by atoms with E-state index >= 15 is 0 Å². The highest BCUT2D eigenvalue weighted by Crippen LogP contribution is 2.23. The first-order chi connectivity index (χ1) is 7.89. The van der Waals surface area contributed by atoms with Gasteiger partial charge < -0.3 is 0 Å². The van der Waals surface area contributed by atoms with Crippen molar-refractivity contribution in [2.24, 2.45) is 5.92 Å². The molecule has 1 saturated heterocycles. The summed E-state index contributed by atoms with van der Waals surface area (Å²) in [6.07, 6.45) is 0.250. The van der Waals surface area contributed by atoms with Crippen LogP contribution in [-0.4, -0.2) is 25.7 Å². The number of rotatable bonds is 2. The third kappa shape index (κ3) is 2.52. The van der Waals surface area contributed by atoms with Crippen LogP contribution in [-0.2, 0) is 9.84 Å². The Morgan fingerprint density at radius 2 is 1.94 bits per heavy atom. The molecule has 0 amide bonds. The minimum absolute atomic E-state index is 0.0194. The summed E-state index contributed by atoms with van der Waals surface area (Å²) in [7, 11) is -3.16. The van der Waals surface area contributed by atoms with Crippen LogP contribution >= 0.6 is 0 Å². The molecule has 1 fully saturated rings. The fraction of sp³-hybridized carbons (Fsp3) is 0.364. The second kappa shape index (κ2) is 4.18. The Kier molecular flexibility index (Phi) is 2.99. The SMILES string of the molecule is O=C(c1ccc(F)c(F)c1)C1CCS(=O)(=O)C1. The summed E-state index contributed by atoms with van der Waals surface area (Å²) in [6.45, 7) is 0. The molecule has 1 atom stereocenters. The Morgan fingerprint density at radius 3 is 2.47 bits per heavy atom.